The maximum absolute atomic E-state index is 12.8. The number of nitrogens with zero attached hydrogens (tertiary/aromatic N) is 1. The number of hydrogen-bond donors (Lipinski definition) is 1. The summed E-state index contributed by atoms with van der Waals surface area (Å²) in [6.07, 6.45) is 1.90. The van der Waals surface area contributed by atoms with Crippen molar-refractivity contribution in [3.63, 3.8) is 0 Å². The van der Waals surface area contributed by atoms with Gasteiger partial charge in [0.25, 0.3) is 5.91 Å². The molecule has 1 aliphatic heterocycles. The molecule has 1 fully saturated rings. The van der Waals surface area contributed by atoms with Crippen molar-refractivity contribution in [1.82, 2.24) is 10.2 Å². The van der Waals surface area contributed by atoms with Gasteiger partial charge in [-0.1, -0.05) is 12.1 Å². The van der Waals surface area contributed by atoms with Gasteiger partial charge in [-0.2, -0.15) is 0 Å². The van der Waals surface area contributed by atoms with E-state index in [0.717, 1.165) is 19.4 Å². The third-order valence-electron chi connectivity index (χ3n) is 4.44. The van der Waals surface area contributed by atoms with Crippen LogP contribution in [-0.4, -0.2) is 51.2 Å². The number of halogens is 1. The Kier molecular flexibility index (Phi) is 7.70. The van der Waals surface area contributed by atoms with Gasteiger partial charge < -0.3 is 10.2 Å². The standard InChI is InChI=1S/C17H26N2O3S.ClH/c1-13(2)23(21,22)16-7-5-4-6-15(16)17(20)19-10-8-14(9-11-19)12-18-3;/h4-7,13-14,18H,8-12H2,1-3H3;1H. The number of likely N-dealkylation sites (tertiary alicyclic amines) is 1. The van der Waals surface area contributed by atoms with Crippen LogP contribution in [0.4, 0.5) is 0 Å². The first kappa shape index (κ1) is 20.9. The van der Waals surface area contributed by atoms with Crippen LogP contribution >= 0.6 is 12.4 Å². The van der Waals surface area contributed by atoms with Gasteiger partial charge in [0.15, 0.2) is 9.84 Å². The Bertz CT molecular complexity index is 654. The predicted molar refractivity (Wildman–Crippen MR) is 98.6 cm³/mol. The lowest BCUT2D eigenvalue weighted by Gasteiger charge is -2.32. The van der Waals surface area contributed by atoms with Crippen LogP contribution in [-0.2, 0) is 9.84 Å². The van der Waals surface area contributed by atoms with Crippen LogP contribution in [0.15, 0.2) is 29.2 Å². The minimum atomic E-state index is -3.47. The molecule has 0 radical (unpaired) electrons. The quantitative estimate of drug-likeness (QED) is 0.859. The van der Waals surface area contributed by atoms with E-state index in [0.29, 0.717) is 24.6 Å². The maximum atomic E-state index is 12.8. The lowest BCUT2D eigenvalue weighted by atomic mass is 9.96. The van der Waals surface area contributed by atoms with Gasteiger partial charge in [0, 0.05) is 13.1 Å². The zero-order valence-electron chi connectivity index (χ0n) is 14.5. The van der Waals surface area contributed by atoms with E-state index < -0.39 is 15.1 Å². The summed E-state index contributed by atoms with van der Waals surface area (Å²) in [5.74, 6) is 0.409. The van der Waals surface area contributed by atoms with E-state index in [9.17, 15) is 13.2 Å². The molecule has 0 atom stereocenters. The SMILES string of the molecule is CNCC1CCN(C(=O)c2ccccc2S(=O)(=O)C(C)C)CC1.Cl. The number of nitrogens with one attached hydrogen (secondary N) is 1. The molecule has 0 spiro atoms. The zero-order chi connectivity index (χ0) is 17.0. The Morgan fingerprint density at radius 1 is 1.25 bits per heavy atom. The Balaban J connectivity index is 0.00000288. The number of sulfone groups is 1. The van der Waals surface area contributed by atoms with Crippen LogP contribution in [0.25, 0.3) is 0 Å². The van der Waals surface area contributed by atoms with Gasteiger partial charge in [0.05, 0.1) is 15.7 Å². The van der Waals surface area contributed by atoms with Crippen molar-refractivity contribution >= 4 is 28.2 Å². The minimum absolute atomic E-state index is 0. The van der Waals surface area contributed by atoms with Gasteiger partial charge in [0.2, 0.25) is 0 Å². The zero-order valence-corrected chi connectivity index (χ0v) is 16.1. The predicted octanol–water partition coefficient (Wildman–Crippen LogP) is 2.36. The lowest BCUT2D eigenvalue weighted by molar-refractivity contribution is 0.0687. The number of piperidine rings is 1. The average molecular weight is 375 g/mol. The van der Waals surface area contributed by atoms with E-state index in [2.05, 4.69) is 5.32 Å². The molecule has 2 rings (SSSR count). The fourth-order valence-electron chi connectivity index (χ4n) is 2.94. The third-order valence-corrected chi connectivity index (χ3v) is 6.65. The van der Waals surface area contributed by atoms with Crippen LogP contribution in [0, 0.1) is 5.92 Å². The summed E-state index contributed by atoms with van der Waals surface area (Å²) in [5, 5.41) is 2.63. The monoisotopic (exact) mass is 374 g/mol. The summed E-state index contributed by atoms with van der Waals surface area (Å²) in [5.41, 5.74) is 0.299. The van der Waals surface area contributed by atoms with E-state index in [1.165, 1.54) is 6.07 Å². The molecule has 1 heterocycles. The highest BCUT2D eigenvalue weighted by Crippen LogP contribution is 2.24. The molecule has 1 saturated heterocycles. The van der Waals surface area contributed by atoms with E-state index in [4.69, 9.17) is 0 Å². The molecule has 1 N–H and O–H groups in total. The number of rotatable bonds is 5. The number of carbonyl (C=O) groups excluding carboxylic acids is 1. The molecule has 1 aromatic carbocycles. The summed E-state index contributed by atoms with van der Waals surface area (Å²) in [7, 11) is -1.53. The molecule has 7 heteroatoms. The molecule has 136 valence electrons. The third kappa shape index (κ3) is 4.49. The van der Waals surface area contributed by atoms with Crippen molar-refractivity contribution in [2.24, 2.45) is 5.92 Å². The van der Waals surface area contributed by atoms with E-state index >= 15 is 0 Å². The summed E-state index contributed by atoms with van der Waals surface area (Å²) in [6, 6.07) is 6.55. The van der Waals surface area contributed by atoms with Crippen molar-refractivity contribution in [3.8, 4) is 0 Å². The highest BCUT2D eigenvalue weighted by Gasteiger charge is 2.29. The fraction of sp³-hybridized carbons (Fsp3) is 0.588. The molecule has 1 aliphatic rings. The first-order valence-corrected chi connectivity index (χ1v) is 9.69. The Labute approximate surface area is 151 Å². The van der Waals surface area contributed by atoms with E-state index in [-0.39, 0.29) is 23.2 Å². The summed E-state index contributed by atoms with van der Waals surface area (Å²) in [4.78, 5) is 14.7. The van der Waals surface area contributed by atoms with Crippen LogP contribution in [0.5, 0.6) is 0 Å². The van der Waals surface area contributed by atoms with Crippen LogP contribution in [0.1, 0.15) is 37.0 Å². The second-order valence-electron chi connectivity index (χ2n) is 6.38. The number of amides is 1. The van der Waals surface area contributed by atoms with Crippen LogP contribution in [0.3, 0.4) is 0 Å². The lowest BCUT2D eigenvalue weighted by Crippen LogP contribution is -2.41. The second kappa shape index (κ2) is 8.83. The van der Waals surface area contributed by atoms with Gasteiger partial charge in [0.1, 0.15) is 0 Å². The van der Waals surface area contributed by atoms with Crippen molar-refractivity contribution in [2.75, 3.05) is 26.7 Å². The van der Waals surface area contributed by atoms with Crippen molar-refractivity contribution < 1.29 is 13.2 Å². The van der Waals surface area contributed by atoms with Crippen molar-refractivity contribution in [2.45, 2.75) is 36.8 Å². The first-order chi connectivity index (χ1) is 10.9. The van der Waals surface area contributed by atoms with E-state index in [1.807, 2.05) is 7.05 Å². The minimum Gasteiger partial charge on any atom is -0.339 e. The molecule has 0 unspecified atom stereocenters. The van der Waals surface area contributed by atoms with Crippen LogP contribution in [0.2, 0.25) is 0 Å². The Morgan fingerprint density at radius 2 is 1.83 bits per heavy atom. The van der Waals surface area contributed by atoms with Gasteiger partial charge in [-0.15, -0.1) is 12.4 Å². The second-order valence-corrected chi connectivity index (χ2v) is 8.86. The molecule has 0 saturated carbocycles. The van der Waals surface area contributed by atoms with Gasteiger partial charge in [-0.3, -0.25) is 4.79 Å². The van der Waals surface area contributed by atoms with Gasteiger partial charge in [-0.25, -0.2) is 8.42 Å². The summed E-state index contributed by atoms with van der Waals surface area (Å²) < 4.78 is 25.0. The summed E-state index contributed by atoms with van der Waals surface area (Å²) in [6.45, 7) is 5.60. The number of carbonyl (C=O) groups is 1. The van der Waals surface area contributed by atoms with Crippen LogP contribution < -0.4 is 5.32 Å². The molecule has 1 amide bonds. The average Bonchev–Trinajstić information content (AvgIpc) is 2.55. The first-order valence-electron chi connectivity index (χ1n) is 8.14. The van der Waals surface area contributed by atoms with Gasteiger partial charge >= 0.3 is 0 Å². The van der Waals surface area contributed by atoms with E-state index in [1.54, 1.807) is 36.9 Å². The molecule has 5 nitrogen and oxygen atoms in total. The highest BCUT2D eigenvalue weighted by molar-refractivity contribution is 7.92. The highest BCUT2D eigenvalue weighted by atomic mass is 35.5. The molecule has 0 bridgehead atoms. The molecule has 1 aromatic rings. The van der Waals surface area contributed by atoms with Crippen molar-refractivity contribution in [1.29, 1.82) is 0 Å². The van der Waals surface area contributed by atoms with Gasteiger partial charge in [-0.05, 0) is 58.3 Å². The molecule has 0 aromatic heterocycles. The molecule has 24 heavy (non-hydrogen) atoms. The smallest absolute Gasteiger partial charge is 0.255 e. The summed E-state index contributed by atoms with van der Waals surface area (Å²) >= 11 is 0. The molecule has 0 aliphatic carbocycles. The normalized spacial score (nSPS) is 16.1. The number of hydrogen-bond acceptors (Lipinski definition) is 4. The fourth-order valence-corrected chi connectivity index (χ4v) is 4.18. The Morgan fingerprint density at radius 3 is 2.38 bits per heavy atom. The number of benzene rings is 1. The van der Waals surface area contributed by atoms with Crippen molar-refractivity contribution in [3.05, 3.63) is 29.8 Å². The topological polar surface area (TPSA) is 66.5 Å². The maximum Gasteiger partial charge on any atom is 0.255 e. The molecular formula is C17H27ClN2O3S. The largest absolute Gasteiger partial charge is 0.339 e. The molecular weight excluding hydrogens is 348 g/mol. The Hall–Kier alpha value is -1.11.